The van der Waals surface area contributed by atoms with Crippen molar-refractivity contribution in [3.63, 3.8) is 0 Å². The number of hydrogen-bond acceptors (Lipinski definition) is 3. The zero-order valence-electron chi connectivity index (χ0n) is 15.2. The number of rotatable bonds is 6. The van der Waals surface area contributed by atoms with Gasteiger partial charge in [-0.3, -0.25) is 9.78 Å². The molecule has 0 aliphatic heterocycles. The van der Waals surface area contributed by atoms with Gasteiger partial charge in [0, 0.05) is 41.0 Å². The zero-order chi connectivity index (χ0) is 20.2. The van der Waals surface area contributed by atoms with Gasteiger partial charge in [-0.15, -0.1) is 0 Å². The maximum atomic E-state index is 12.4. The minimum Gasteiger partial charge on any atom is -0.435 e. The van der Waals surface area contributed by atoms with Crippen molar-refractivity contribution in [2.75, 3.05) is 0 Å². The molecular formula is C22H17F2N3O2. The number of alkyl halides is 2. The fourth-order valence-electron chi connectivity index (χ4n) is 3.11. The molecule has 2 aromatic heterocycles. The van der Waals surface area contributed by atoms with Crippen molar-refractivity contribution in [2.45, 2.75) is 13.2 Å². The number of benzene rings is 2. The van der Waals surface area contributed by atoms with Crippen LogP contribution in [-0.4, -0.2) is 22.5 Å². The van der Waals surface area contributed by atoms with Crippen molar-refractivity contribution >= 4 is 16.8 Å². The molecule has 2 heterocycles. The Kier molecular flexibility index (Phi) is 5.20. The lowest BCUT2D eigenvalue weighted by Gasteiger charge is -2.09. The topological polar surface area (TPSA) is 67.0 Å². The van der Waals surface area contributed by atoms with E-state index in [1.807, 2.05) is 30.5 Å². The molecule has 146 valence electrons. The number of ether oxygens (including phenoxy) is 1. The van der Waals surface area contributed by atoms with Crippen LogP contribution in [0.25, 0.3) is 22.2 Å². The van der Waals surface area contributed by atoms with E-state index in [4.69, 9.17) is 0 Å². The SMILES string of the molecule is O=C(NCc1cccc(OC(F)F)c1)c1ccc(-c2nccc3[nH]ccc23)cc1. The Balaban J connectivity index is 1.44. The summed E-state index contributed by atoms with van der Waals surface area (Å²) in [6.07, 6.45) is 3.60. The number of carbonyl (C=O) groups excluding carboxylic acids is 1. The summed E-state index contributed by atoms with van der Waals surface area (Å²) in [5, 5.41) is 3.79. The standard InChI is InChI=1S/C22H17F2N3O2/c23-22(24)29-17-3-1-2-14(12-17)13-27-21(28)16-6-4-15(5-7-16)20-18-8-10-25-19(18)9-11-26-20/h1-12,22,25H,13H2,(H,27,28). The number of nitrogens with one attached hydrogen (secondary N) is 2. The maximum Gasteiger partial charge on any atom is 0.387 e. The highest BCUT2D eigenvalue weighted by Crippen LogP contribution is 2.26. The molecule has 4 rings (SSSR count). The van der Waals surface area contributed by atoms with Crippen molar-refractivity contribution in [2.24, 2.45) is 0 Å². The molecule has 0 spiro atoms. The van der Waals surface area contributed by atoms with Crippen molar-refractivity contribution in [3.8, 4) is 17.0 Å². The van der Waals surface area contributed by atoms with Gasteiger partial charge in [-0.2, -0.15) is 8.78 Å². The van der Waals surface area contributed by atoms with E-state index in [-0.39, 0.29) is 18.2 Å². The monoisotopic (exact) mass is 393 g/mol. The average Bonchev–Trinajstić information content (AvgIpc) is 3.21. The molecule has 1 amide bonds. The number of hydrogen-bond donors (Lipinski definition) is 2. The highest BCUT2D eigenvalue weighted by molar-refractivity contribution is 5.96. The fourth-order valence-corrected chi connectivity index (χ4v) is 3.11. The van der Waals surface area contributed by atoms with Crippen molar-refractivity contribution in [1.29, 1.82) is 0 Å². The van der Waals surface area contributed by atoms with Gasteiger partial charge in [0.2, 0.25) is 0 Å². The van der Waals surface area contributed by atoms with E-state index >= 15 is 0 Å². The van der Waals surface area contributed by atoms with Crippen LogP contribution in [-0.2, 0) is 6.54 Å². The molecule has 0 saturated heterocycles. The molecule has 0 saturated carbocycles. The molecule has 4 aromatic rings. The van der Waals surface area contributed by atoms with Crippen molar-refractivity contribution in [3.05, 3.63) is 84.2 Å². The number of carbonyl (C=O) groups is 1. The van der Waals surface area contributed by atoms with Crippen molar-refractivity contribution < 1.29 is 18.3 Å². The molecule has 0 fully saturated rings. The summed E-state index contributed by atoms with van der Waals surface area (Å²) in [7, 11) is 0. The van der Waals surface area contributed by atoms with E-state index in [2.05, 4.69) is 20.0 Å². The van der Waals surface area contributed by atoms with Gasteiger partial charge in [0.25, 0.3) is 5.91 Å². The average molecular weight is 393 g/mol. The van der Waals surface area contributed by atoms with Gasteiger partial charge in [-0.25, -0.2) is 0 Å². The van der Waals surface area contributed by atoms with Gasteiger partial charge in [0.1, 0.15) is 5.75 Å². The fraction of sp³-hybridized carbons (Fsp3) is 0.0909. The predicted molar refractivity (Wildman–Crippen MR) is 106 cm³/mol. The number of pyridine rings is 1. The predicted octanol–water partition coefficient (Wildman–Crippen LogP) is 4.76. The van der Waals surface area contributed by atoms with Gasteiger partial charge >= 0.3 is 6.61 Å². The molecular weight excluding hydrogens is 376 g/mol. The maximum absolute atomic E-state index is 12.4. The van der Waals surface area contributed by atoms with Crippen LogP contribution in [0.5, 0.6) is 5.75 Å². The molecule has 0 radical (unpaired) electrons. The van der Waals surface area contributed by atoms with E-state index in [0.29, 0.717) is 11.1 Å². The third kappa shape index (κ3) is 4.24. The zero-order valence-corrected chi connectivity index (χ0v) is 15.2. The summed E-state index contributed by atoms with van der Waals surface area (Å²) >= 11 is 0. The lowest BCUT2D eigenvalue weighted by Crippen LogP contribution is -2.22. The van der Waals surface area contributed by atoms with Crippen LogP contribution in [0.2, 0.25) is 0 Å². The quantitative estimate of drug-likeness (QED) is 0.496. The van der Waals surface area contributed by atoms with E-state index < -0.39 is 6.61 Å². The first kappa shape index (κ1) is 18.6. The molecule has 7 heteroatoms. The normalized spacial score (nSPS) is 11.0. The summed E-state index contributed by atoms with van der Waals surface area (Å²) < 4.78 is 29.0. The van der Waals surface area contributed by atoms with E-state index in [1.165, 1.54) is 12.1 Å². The second-order valence-corrected chi connectivity index (χ2v) is 6.38. The molecule has 0 bridgehead atoms. The number of nitrogens with zero attached hydrogens (tertiary/aromatic N) is 1. The lowest BCUT2D eigenvalue weighted by atomic mass is 10.1. The van der Waals surface area contributed by atoms with Gasteiger partial charge in [-0.05, 0) is 42.0 Å². The first-order valence-corrected chi connectivity index (χ1v) is 8.94. The van der Waals surface area contributed by atoms with E-state index in [1.54, 1.807) is 30.5 Å². The first-order valence-electron chi connectivity index (χ1n) is 8.94. The summed E-state index contributed by atoms with van der Waals surface area (Å²) in [4.78, 5) is 20.0. The van der Waals surface area contributed by atoms with Crippen LogP contribution in [0.1, 0.15) is 15.9 Å². The summed E-state index contributed by atoms with van der Waals surface area (Å²) in [6.45, 7) is -2.68. The summed E-state index contributed by atoms with van der Waals surface area (Å²) in [5.41, 5.74) is 3.90. The second kappa shape index (κ2) is 8.10. The minimum absolute atomic E-state index is 0.0579. The van der Waals surface area contributed by atoms with Gasteiger partial charge in [0.05, 0.1) is 5.69 Å². The van der Waals surface area contributed by atoms with Crippen LogP contribution in [0, 0.1) is 0 Å². The number of aromatic amines is 1. The molecule has 0 aliphatic rings. The number of halogens is 2. The molecule has 0 unspecified atom stereocenters. The van der Waals surface area contributed by atoms with Crippen LogP contribution >= 0.6 is 0 Å². The Hall–Kier alpha value is -3.74. The van der Waals surface area contributed by atoms with Crippen LogP contribution in [0.4, 0.5) is 8.78 Å². The van der Waals surface area contributed by atoms with E-state index in [9.17, 15) is 13.6 Å². The largest absolute Gasteiger partial charge is 0.435 e. The molecule has 2 N–H and O–H groups in total. The summed E-state index contributed by atoms with van der Waals surface area (Å²) in [5.74, 6) is -0.202. The van der Waals surface area contributed by atoms with Gasteiger partial charge in [0.15, 0.2) is 0 Å². The lowest BCUT2D eigenvalue weighted by molar-refractivity contribution is -0.0498. The van der Waals surface area contributed by atoms with Crippen LogP contribution in [0.15, 0.2) is 73.1 Å². The Labute approximate surface area is 165 Å². The molecule has 5 nitrogen and oxygen atoms in total. The number of H-pyrrole nitrogens is 1. The number of amides is 1. The third-order valence-electron chi connectivity index (χ3n) is 4.48. The third-order valence-corrected chi connectivity index (χ3v) is 4.48. The smallest absolute Gasteiger partial charge is 0.387 e. The van der Waals surface area contributed by atoms with Gasteiger partial charge < -0.3 is 15.0 Å². The minimum atomic E-state index is -2.88. The Bertz CT molecular complexity index is 1140. The molecule has 2 aromatic carbocycles. The highest BCUT2D eigenvalue weighted by Gasteiger charge is 2.10. The van der Waals surface area contributed by atoms with E-state index in [0.717, 1.165) is 22.2 Å². The first-order chi connectivity index (χ1) is 14.1. The number of aromatic nitrogens is 2. The Morgan fingerprint density at radius 3 is 2.72 bits per heavy atom. The van der Waals surface area contributed by atoms with Crippen molar-refractivity contribution in [1.82, 2.24) is 15.3 Å². The Morgan fingerprint density at radius 2 is 1.93 bits per heavy atom. The van der Waals surface area contributed by atoms with Crippen LogP contribution < -0.4 is 10.1 Å². The highest BCUT2D eigenvalue weighted by atomic mass is 19.3. The second-order valence-electron chi connectivity index (χ2n) is 6.38. The number of fused-ring (bicyclic) bond motifs is 1. The van der Waals surface area contributed by atoms with Crippen LogP contribution in [0.3, 0.4) is 0 Å². The molecule has 0 aliphatic carbocycles. The van der Waals surface area contributed by atoms with Gasteiger partial charge in [-0.1, -0.05) is 24.3 Å². The molecule has 29 heavy (non-hydrogen) atoms. The molecule has 0 atom stereocenters. The summed E-state index contributed by atoms with van der Waals surface area (Å²) in [6, 6.07) is 17.3. The Morgan fingerprint density at radius 1 is 1.10 bits per heavy atom.